The van der Waals surface area contributed by atoms with E-state index in [9.17, 15) is 0 Å². The fourth-order valence-corrected chi connectivity index (χ4v) is 2.95. The van der Waals surface area contributed by atoms with Gasteiger partial charge >= 0.3 is 0 Å². The van der Waals surface area contributed by atoms with Gasteiger partial charge in [-0.3, -0.25) is 0 Å². The Hall–Kier alpha value is -1.45. The van der Waals surface area contributed by atoms with Crippen LogP contribution in [0.3, 0.4) is 0 Å². The Morgan fingerprint density at radius 3 is 2.58 bits per heavy atom. The Morgan fingerprint density at radius 2 is 1.83 bits per heavy atom. The number of halogens is 1. The van der Waals surface area contributed by atoms with Crippen molar-refractivity contribution in [3.63, 3.8) is 0 Å². The summed E-state index contributed by atoms with van der Waals surface area (Å²) in [6.45, 7) is 4.05. The third-order valence-corrected chi connectivity index (χ3v) is 4.40. The molecule has 0 saturated carbocycles. The average molecular weight is 350 g/mol. The van der Waals surface area contributed by atoms with Crippen molar-refractivity contribution in [2.45, 2.75) is 52.0 Å². The highest BCUT2D eigenvalue weighted by Crippen LogP contribution is 2.31. The molecule has 0 fully saturated rings. The van der Waals surface area contributed by atoms with Gasteiger partial charge in [0.1, 0.15) is 17.3 Å². The molecule has 1 heterocycles. The summed E-state index contributed by atoms with van der Waals surface area (Å²) < 4.78 is 11.1. The van der Waals surface area contributed by atoms with Crippen molar-refractivity contribution in [2.75, 3.05) is 13.7 Å². The number of furan rings is 1. The van der Waals surface area contributed by atoms with Crippen molar-refractivity contribution in [1.82, 2.24) is 5.32 Å². The molecule has 4 heteroatoms. The molecule has 0 atom stereocenters. The quantitative estimate of drug-likeness (QED) is 0.501. The first-order valence-electron chi connectivity index (χ1n) is 8.88. The van der Waals surface area contributed by atoms with E-state index in [4.69, 9.17) is 20.8 Å². The number of unbranched alkanes of at least 4 members (excludes halogenated alkanes) is 5. The summed E-state index contributed by atoms with van der Waals surface area (Å²) in [5, 5.41) is 4.04. The number of ether oxygens (including phenoxy) is 1. The molecule has 3 nitrogen and oxygen atoms in total. The molecule has 132 valence electrons. The van der Waals surface area contributed by atoms with Crippen LogP contribution in [-0.4, -0.2) is 13.7 Å². The predicted octanol–water partition coefficient (Wildman–Crippen LogP) is 6.06. The monoisotopic (exact) mass is 349 g/mol. The van der Waals surface area contributed by atoms with Gasteiger partial charge in [0.2, 0.25) is 0 Å². The van der Waals surface area contributed by atoms with Crippen LogP contribution in [0.15, 0.2) is 34.7 Å². The molecule has 0 aliphatic rings. The predicted molar refractivity (Wildman–Crippen MR) is 101 cm³/mol. The molecule has 1 aromatic heterocycles. The normalized spacial score (nSPS) is 11.0. The van der Waals surface area contributed by atoms with Crippen LogP contribution in [0.4, 0.5) is 0 Å². The zero-order valence-electron chi connectivity index (χ0n) is 14.7. The molecule has 1 N–H and O–H groups in total. The van der Waals surface area contributed by atoms with E-state index in [1.807, 2.05) is 30.3 Å². The average Bonchev–Trinajstić information content (AvgIpc) is 3.06. The molecule has 0 aliphatic heterocycles. The van der Waals surface area contributed by atoms with Crippen molar-refractivity contribution in [3.8, 4) is 17.1 Å². The molecular formula is C20H28ClNO2. The van der Waals surface area contributed by atoms with Crippen LogP contribution in [0, 0.1) is 0 Å². The number of hydrogen-bond donors (Lipinski definition) is 1. The van der Waals surface area contributed by atoms with Crippen LogP contribution >= 0.6 is 11.6 Å². The van der Waals surface area contributed by atoms with Gasteiger partial charge in [-0.1, -0.05) is 50.6 Å². The minimum absolute atomic E-state index is 0.592. The van der Waals surface area contributed by atoms with E-state index in [2.05, 4.69) is 12.2 Å². The Kier molecular flexibility index (Phi) is 8.20. The topological polar surface area (TPSA) is 34.4 Å². The Labute approximate surface area is 150 Å². The third-order valence-electron chi connectivity index (χ3n) is 4.10. The summed E-state index contributed by atoms with van der Waals surface area (Å²) in [7, 11) is 1.61. The molecule has 2 aromatic rings. The third kappa shape index (κ3) is 5.88. The van der Waals surface area contributed by atoms with Crippen molar-refractivity contribution in [1.29, 1.82) is 0 Å². The first-order valence-corrected chi connectivity index (χ1v) is 9.25. The zero-order chi connectivity index (χ0) is 17.2. The highest BCUT2D eigenvalue weighted by atomic mass is 35.5. The lowest BCUT2D eigenvalue weighted by molar-refractivity contribution is 0.415. The first-order chi connectivity index (χ1) is 11.7. The van der Waals surface area contributed by atoms with Crippen LogP contribution < -0.4 is 10.1 Å². The fourth-order valence-electron chi connectivity index (χ4n) is 2.69. The first kappa shape index (κ1) is 18.9. The van der Waals surface area contributed by atoms with Crippen LogP contribution in [0.1, 0.15) is 51.2 Å². The van der Waals surface area contributed by atoms with Gasteiger partial charge in [0.15, 0.2) is 0 Å². The summed E-state index contributed by atoms with van der Waals surface area (Å²) in [6, 6.07) is 9.68. The molecular weight excluding hydrogens is 322 g/mol. The second-order valence-electron chi connectivity index (χ2n) is 6.06. The van der Waals surface area contributed by atoms with Crippen molar-refractivity contribution in [2.24, 2.45) is 0 Å². The number of methoxy groups -OCH3 is 1. The van der Waals surface area contributed by atoms with Crippen LogP contribution in [-0.2, 0) is 6.54 Å². The summed E-state index contributed by atoms with van der Waals surface area (Å²) >= 11 is 6.17. The van der Waals surface area contributed by atoms with Crippen molar-refractivity contribution < 1.29 is 9.15 Å². The van der Waals surface area contributed by atoms with E-state index in [1.54, 1.807) is 7.11 Å². The van der Waals surface area contributed by atoms with Crippen molar-refractivity contribution in [3.05, 3.63) is 41.1 Å². The fraction of sp³-hybridized carbons (Fsp3) is 0.500. The van der Waals surface area contributed by atoms with E-state index >= 15 is 0 Å². The van der Waals surface area contributed by atoms with Gasteiger partial charge in [-0.25, -0.2) is 0 Å². The van der Waals surface area contributed by atoms with Gasteiger partial charge in [0.05, 0.1) is 18.7 Å². The van der Waals surface area contributed by atoms with Crippen LogP contribution in [0.5, 0.6) is 5.75 Å². The smallest absolute Gasteiger partial charge is 0.137 e. The number of rotatable bonds is 11. The van der Waals surface area contributed by atoms with Gasteiger partial charge in [-0.2, -0.15) is 0 Å². The largest absolute Gasteiger partial charge is 0.495 e. The summed E-state index contributed by atoms with van der Waals surface area (Å²) in [6.07, 6.45) is 7.91. The molecule has 0 bridgehead atoms. The molecule has 1 aromatic carbocycles. The highest BCUT2D eigenvalue weighted by Gasteiger charge is 2.08. The van der Waals surface area contributed by atoms with Crippen LogP contribution in [0.2, 0.25) is 5.02 Å². The molecule has 2 rings (SSSR count). The molecule has 0 aliphatic carbocycles. The number of nitrogens with one attached hydrogen (secondary N) is 1. The van der Waals surface area contributed by atoms with E-state index < -0.39 is 0 Å². The SMILES string of the molecule is CCCCCCCCNCc1ccc(-c2ccc(OC)c(Cl)c2)o1. The lowest BCUT2D eigenvalue weighted by Crippen LogP contribution is -2.14. The van der Waals surface area contributed by atoms with Gasteiger partial charge < -0.3 is 14.5 Å². The maximum Gasteiger partial charge on any atom is 0.137 e. The molecule has 0 saturated heterocycles. The Bertz CT molecular complexity index is 609. The lowest BCUT2D eigenvalue weighted by atomic mass is 10.1. The molecule has 0 radical (unpaired) electrons. The van der Waals surface area contributed by atoms with Crippen LogP contribution in [0.25, 0.3) is 11.3 Å². The molecule has 24 heavy (non-hydrogen) atoms. The molecule has 0 unspecified atom stereocenters. The minimum Gasteiger partial charge on any atom is -0.495 e. The van der Waals surface area contributed by atoms with E-state index in [-0.39, 0.29) is 0 Å². The zero-order valence-corrected chi connectivity index (χ0v) is 15.5. The Balaban J connectivity index is 1.74. The standard InChI is InChI=1S/C20H28ClNO2/c1-3-4-5-6-7-8-13-22-15-17-10-12-19(24-17)16-9-11-20(23-2)18(21)14-16/h9-12,14,22H,3-8,13,15H2,1-2H3. The van der Waals surface area contributed by atoms with E-state index in [1.165, 1.54) is 38.5 Å². The van der Waals surface area contributed by atoms with Gasteiger partial charge in [0.25, 0.3) is 0 Å². The van der Waals surface area contributed by atoms with Gasteiger partial charge in [0, 0.05) is 5.56 Å². The lowest BCUT2D eigenvalue weighted by Gasteiger charge is -2.05. The summed E-state index contributed by atoms with van der Waals surface area (Å²) in [4.78, 5) is 0. The molecule has 0 amide bonds. The Morgan fingerprint density at radius 1 is 1.04 bits per heavy atom. The van der Waals surface area contributed by atoms with E-state index in [0.29, 0.717) is 10.8 Å². The maximum atomic E-state index is 6.17. The second kappa shape index (κ2) is 10.4. The summed E-state index contributed by atoms with van der Waals surface area (Å²) in [5.74, 6) is 2.45. The summed E-state index contributed by atoms with van der Waals surface area (Å²) in [5.41, 5.74) is 0.961. The highest BCUT2D eigenvalue weighted by molar-refractivity contribution is 6.32. The van der Waals surface area contributed by atoms with Gasteiger partial charge in [-0.15, -0.1) is 0 Å². The van der Waals surface area contributed by atoms with Crippen molar-refractivity contribution >= 4 is 11.6 Å². The second-order valence-corrected chi connectivity index (χ2v) is 6.47. The van der Waals surface area contributed by atoms with Gasteiger partial charge in [-0.05, 0) is 43.3 Å². The maximum absolute atomic E-state index is 6.17. The van der Waals surface area contributed by atoms with E-state index in [0.717, 1.165) is 30.2 Å². The minimum atomic E-state index is 0.592. The number of benzene rings is 1. The molecule has 0 spiro atoms. The number of hydrogen-bond acceptors (Lipinski definition) is 3.